The zero-order valence-corrected chi connectivity index (χ0v) is 15.1. The first kappa shape index (κ1) is 20.1. The van der Waals surface area contributed by atoms with E-state index in [4.69, 9.17) is 5.11 Å². The van der Waals surface area contributed by atoms with Crippen LogP contribution in [0.5, 0.6) is 0 Å². The zero-order chi connectivity index (χ0) is 20.0. The number of aliphatic carboxylic acids is 1. The Balaban J connectivity index is 2.13. The van der Waals surface area contributed by atoms with Crippen molar-refractivity contribution in [3.05, 3.63) is 59.4 Å². The molecule has 142 valence electrons. The molecule has 3 N–H and O–H groups in total. The van der Waals surface area contributed by atoms with Gasteiger partial charge >= 0.3 is 5.97 Å². The van der Waals surface area contributed by atoms with Crippen LogP contribution >= 0.6 is 0 Å². The van der Waals surface area contributed by atoms with E-state index < -0.39 is 17.7 Å². The normalized spacial score (nSPS) is 10.5. The van der Waals surface area contributed by atoms with Gasteiger partial charge in [-0.2, -0.15) is 0 Å². The van der Waals surface area contributed by atoms with Crippen molar-refractivity contribution in [2.45, 2.75) is 26.7 Å². The van der Waals surface area contributed by atoms with E-state index in [1.165, 1.54) is 12.1 Å². The molecule has 0 aromatic heterocycles. The minimum atomic E-state index is -1.02. The molecule has 27 heavy (non-hydrogen) atoms. The third-order valence-electron chi connectivity index (χ3n) is 3.71. The smallest absolute Gasteiger partial charge is 0.307 e. The predicted octanol–water partition coefficient (Wildman–Crippen LogP) is 3.69. The lowest BCUT2D eigenvalue weighted by molar-refractivity contribution is -0.136. The van der Waals surface area contributed by atoms with Crippen molar-refractivity contribution in [3.63, 3.8) is 0 Å². The number of rotatable bonds is 7. The molecule has 0 aliphatic rings. The van der Waals surface area contributed by atoms with Crippen LogP contribution < -0.4 is 10.6 Å². The Labute approximate surface area is 156 Å². The number of hydrogen-bond acceptors (Lipinski definition) is 3. The average molecular weight is 372 g/mol. The van der Waals surface area contributed by atoms with Gasteiger partial charge in [-0.15, -0.1) is 0 Å². The van der Waals surface area contributed by atoms with Crippen LogP contribution in [-0.4, -0.2) is 22.9 Å². The van der Waals surface area contributed by atoms with Gasteiger partial charge < -0.3 is 15.7 Å². The number of carbonyl (C=O) groups is 3. The molecule has 0 spiro atoms. The molecule has 2 aromatic rings. The zero-order valence-electron chi connectivity index (χ0n) is 15.1. The molecule has 0 heterocycles. The summed E-state index contributed by atoms with van der Waals surface area (Å²) in [5.74, 6) is -2.48. The lowest BCUT2D eigenvalue weighted by atomic mass is 10.1. The Morgan fingerprint density at radius 1 is 1.04 bits per heavy atom. The second-order valence-electron chi connectivity index (χ2n) is 6.52. The quantitative estimate of drug-likeness (QED) is 0.691. The van der Waals surface area contributed by atoms with Crippen LogP contribution in [0.1, 0.15) is 36.2 Å². The SMILES string of the molecule is CC(C)CC(=O)Nc1ccc(C(=O)Nc2ccccc2CC(=O)O)cc1F. The van der Waals surface area contributed by atoms with Crippen molar-refractivity contribution in [1.29, 1.82) is 0 Å². The largest absolute Gasteiger partial charge is 0.481 e. The molecular formula is C20H21FN2O4. The number of para-hydroxylation sites is 1. The lowest BCUT2D eigenvalue weighted by Gasteiger charge is -2.11. The summed E-state index contributed by atoms with van der Waals surface area (Å²) >= 11 is 0. The Hall–Kier alpha value is -3.22. The summed E-state index contributed by atoms with van der Waals surface area (Å²) in [6.07, 6.45) is 0.0215. The van der Waals surface area contributed by atoms with Gasteiger partial charge in [-0.1, -0.05) is 32.0 Å². The predicted molar refractivity (Wildman–Crippen MR) is 100 cm³/mol. The maximum absolute atomic E-state index is 14.2. The molecule has 7 heteroatoms. The molecule has 2 rings (SSSR count). The van der Waals surface area contributed by atoms with Gasteiger partial charge in [-0.25, -0.2) is 4.39 Å². The van der Waals surface area contributed by atoms with Crippen molar-refractivity contribution >= 4 is 29.2 Å². The van der Waals surface area contributed by atoms with Crippen LogP contribution in [0.3, 0.4) is 0 Å². The Morgan fingerprint density at radius 2 is 1.74 bits per heavy atom. The van der Waals surface area contributed by atoms with Crippen molar-refractivity contribution in [2.24, 2.45) is 5.92 Å². The molecule has 0 fully saturated rings. The van der Waals surface area contributed by atoms with Gasteiger partial charge in [-0.05, 0) is 35.7 Å². The molecule has 0 unspecified atom stereocenters. The number of halogens is 1. The van der Waals surface area contributed by atoms with E-state index in [2.05, 4.69) is 10.6 Å². The molecule has 0 atom stereocenters. The van der Waals surface area contributed by atoms with Gasteiger partial charge in [0.15, 0.2) is 0 Å². The lowest BCUT2D eigenvalue weighted by Crippen LogP contribution is -2.17. The summed E-state index contributed by atoms with van der Waals surface area (Å²) in [4.78, 5) is 35.0. The monoisotopic (exact) mass is 372 g/mol. The first-order chi connectivity index (χ1) is 12.8. The summed E-state index contributed by atoms with van der Waals surface area (Å²) < 4.78 is 14.2. The first-order valence-electron chi connectivity index (χ1n) is 8.46. The van der Waals surface area contributed by atoms with Gasteiger partial charge in [0.2, 0.25) is 5.91 Å². The number of hydrogen-bond donors (Lipinski definition) is 3. The van der Waals surface area contributed by atoms with Crippen molar-refractivity contribution in [1.82, 2.24) is 0 Å². The third kappa shape index (κ3) is 5.91. The average Bonchev–Trinajstić information content (AvgIpc) is 2.57. The molecule has 0 aliphatic carbocycles. The van der Waals surface area contributed by atoms with E-state index in [-0.39, 0.29) is 35.9 Å². The van der Waals surface area contributed by atoms with E-state index in [0.717, 1.165) is 6.07 Å². The van der Waals surface area contributed by atoms with E-state index in [0.29, 0.717) is 11.3 Å². The maximum atomic E-state index is 14.2. The summed E-state index contributed by atoms with van der Waals surface area (Å²) in [6.45, 7) is 3.76. The van der Waals surface area contributed by atoms with E-state index >= 15 is 0 Å². The highest BCUT2D eigenvalue weighted by molar-refractivity contribution is 6.05. The van der Waals surface area contributed by atoms with E-state index in [1.807, 2.05) is 13.8 Å². The highest BCUT2D eigenvalue weighted by Gasteiger charge is 2.14. The van der Waals surface area contributed by atoms with Crippen molar-refractivity contribution < 1.29 is 23.9 Å². The fourth-order valence-corrected chi connectivity index (χ4v) is 2.48. The second-order valence-corrected chi connectivity index (χ2v) is 6.52. The maximum Gasteiger partial charge on any atom is 0.307 e. The summed E-state index contributed by atoms with van der Waals surface area (Å²) in [6, 6.07) is 10.2. The Bertz CT molecular complexity index is 865. The van der Waals surface area contributed by atoms with Gasteiger partial charge in [0, 0.05) is 17.7 Å². The molecule has 0 saturated carbocycles. The number of carboxylic acid groups (broad SMARTS) is 1. The minimum absolute atomic E-state index is 0.00322. The Morgan fingerprint density at radius 3 is 2.37 bits per heavy atom. The number of carboxylic acids is 1. The molecule has 0 saturated heterocycles. The fourth-order valence-electron chi connectivity index (χ4n) is 2.48. The van der Waals surface area contributed by atoms with Gasteiger partial charge in [0.1, 0.15) is 5.82 Å². The summed E-state index contributed by atoms with van der Waals surface area (Å²) in [5, 5.41) is 14.0. The number of benzene rings is 2. The van der Waals surface area contributed by atoms with Crippen LogP contribution in [0.15, 0.2) is 42.5 Å². The van der Waals surface area contributed by atoms with Crippen LogP contribution in [0.25, 0.3) is 0 Å². The number of amides is 2. The van der Waals surface area contributed by atoms with Crippen LogP contribution in [0.2, 0.25) is 0 Å². The molecule has 0 aliphatic heterocycles. The van der Waals surface area contributed by atoms with Crippen molar-refractivity contribution in [3.8, 4) is 0 Å². The fraction of sp³-hybridized carbons (Fsp3) is 0.250. The van der Waals surface area contributed by atoms with Crippen LogP contribution in [0, 0.1) is 11.7 Å². The first-order valence-corrected chi connectivity index (χ1v) is 8.46. The van der Waals surface area contributed by atoms with E-state index in [1.54, 1.807) is 24.3 Å². The summed E-state index contributed by atoms with van der Waals surface area (Å²) in [5.41, 5.74) is 0.846. The topological polar surface area (TPSA) is 95.5 Å². The van der Waals surface area contributed by atoms with Crippen LogP contribution in [-0.2, 0) is 16.0 Å². The van der Waals surface area contributed by atoms with Crippen molar-refractivity contribution in [2.75, 3.05) is 10.6 Å². The molecule has 2 aromatic carbocycles. The molecular weight excluding hydrogens is 351 g/mol. The number of nitrogens with one attached hydrogen (secondary N) is 2. The van der Waals surface area contributed by atoms with Gasteiger partial charge in [0.25, 0.3) is 5.91 Å². The molecule has 0 radical (unpaired) electrons. The number of anilines is 2. The molecule has 2 amide bonds. The van der Waals surface area contributed by atoms with E-state index in [9.17, 15) is 18.8 Å². The standard InChI is InChI=1S/C20H21FN2O4/c1-12(2)9-18(24)22-17-8-7-14(10-15(17)21)20(27)23-16-6-4-3-5-13(16)11-19(25)26/h3-8,10,12H,9,11H2,1-2H3,(H,22,24)(H,23,27)(H,25,26). The number of carbonyl (C=O) groups excluding carboxylic acids is 2. The third-order valence-corrected chi connectivity index (χ3v) is 3.71. The minimum Gasteiger partial charge on any atom is -0.481 e. The van der Waals surface area contributed by atoms with Gasteiger partial charge in [-0.3, -0.25) is 14.4 Å². The van der Waals surface area contributed by atoms with Gasteiger partial charge in [0.05, 0.1) is 12.1 Å². The highest BCUT2D eigenvalue weighted by atomic mass is 19.1. The highest BCUT2D eigenvalue weighted by Crippen LogP contribution is 2.20. The Kier molecular flexibility index (Phi) is 6.65. The second kappa shape index (κ2) is 8.93. The molecule has 0 bridgehead atoms. The molecule has 6 nitrogen and oxygen atoms in total. The van der Waals surface area contributed by atoms with Crippen LogP contribution in [0.4, 0.5) is 15.8 Å². The summed E-state index contributed by atoms with van der Waals surface area (Å²) in [7, 11) is 0.